The second-order valence-electron chi connectivity index (χ2n) is 8.03. The summed E-state index contributed by atoms with van der Waals surface area (Å²) in [5.74, 6) is 1.09. The third kappa shape index (κ3) is 4.62. The standard InChI is InChI=1S/C24H24N6O3/c31-22(8-4-7-21-27-28-23(33-21)17-5-2-1-3-6-17)29-11-13-30(14-12-29)24(32)18-9-10-19-20(15-18)26-16-25-19/h1-3,5-6,9-10,15-16H,4,7-8,11-14H2,(H,25,26). The fraction of sp³-hybridized carbons (Fsp3) is 0.292. The normalized spacial score (nSPS) is 14.1. The number of nitrogens with zero attached hydrogens (tertiary/aromatic N) is 5. The second kappa shape index (κ2) is 9.23. The van der Waals surface area contributed by atoms with Crippen LogP contribution in [-0.2, 0) is 11.2 Å². The van der Waals surface area contributed by atoms with Crippen molar-refractivity contribution in [2.45, 2.75) is 19.3 Å². The Labute approximate surface area is 190 Å². The quantitative estimate of drug-likeness (QED) is 0.490. The molecule has 4 aromatic rings. The first kappa shape index (κ1) is 20.9. The van der Waals surface area contributed by atoms with Crippen molar-refractivity contribution < 1.29 is 14.0 Å². The van der Waals surface area contributed by atoms with Gasteiger partial charge in [-0.2, -0.15) is 0 Å². The van der Waals surface area contributed by atoms with Gasteiger partial charge in [0.1, 0.15) is 0 Å². The monoisotopic (exact) mass is 444 g/mol. The van der Waals surface area contributed by atoms with Crippen LogP contribution in [0.5, 0.6) is 0 Å². The Bertz CT molecular complexity index is 1260. The molecule has 168 valence electrons. The number of piperazine rings is 1. The van der Waals surface area contributed by atoms with E-state index in [2.05, 4.69) is 20.2 Å². The minimum Gasteiger partial charge on any atom is -0.421 e. The Morgan fingerprint density at radius 2 is 1.76 bits per heavy atom. The van der Waals surface area contributed by atoms with E-state index in [1.54, 1.807) is 17.3 Å². The zero-order valence-electron chi connectivity index (χ0n) is 18.1. The SMILES string of the molecule is O=C(CCCc1nnc(-c2ccccc2)o1)N1CCN(C(=O)c2ccc3nc[nH]c3c2)CC1. The van der Waals surface area contributed by atoms with Crippen LogP contribution in [0.3, 0.4) is 0 Å². The molecule has 1 N–H and O–H groups in total. The highest BCUT2D eigenvalue weighted by Gasteiger charge is 2.25. The van der Waals surface area contributed by atoms with E-state index >= 15 is 0 Å². The molecule has 0 spiro atoms. The molecule has 9 nitrogen and oxygen atoms in total. The molecule has 0 radical (unpaired) electrons. The highest BCUT2D eigenvalue weighted by atomic mass is 16.4. The molecule has 0 bridgehead atoms. The first-order chi connectivity index (χ1) is 16.2. The van der Waals surface area contributed by atoms with Crippen molar-refractivity contribution in [2.24, 2.45) is 0 Å². The van der Waals surface area contributed by atoms with Gasteiger partial charge in [0.2, 0.25) is 17.7 Å². The van der Waals surface area contributed by atoms with Crippen LogP contribution in [0.2, 0.25) is 0 Å². The van der Waals surface area contributed by atoms with Crippen LogP contribution in [0, 0.1) is 0 Å². The largest absolute Gasteiger partial charge is 0.421 e. The average molecular weight is 444 g/mol. The van der Waals surface area contributed by atoms with Gasteiger partial charge >= 0.3 is 0 Å². The molecule has 9 heteroatoms. The number of rotatable bonds is 6. The maximum atomic E-state index is 12.8. The number of imidazole rings is 1. The van der Waals surface area contributed by atoms with Gasteiger partial charge in [0.15, 0.2) is 0 Å². The van der Waals surface area contributed by atoms with E-state index < -0.39 is 0 Å². The summed E-state index contributed by atoms with van der Waals surface area (Å²) in [7, 11) is 0. The van der Waals surface area contributed by atoms with Crippen LogP contribution in [0.4, 0.5) is 0 Å². The first-order valence-electron chi connectivity index (χ1n) is 11.1. The van der Waals surface area contributed by atoms with Crippen molar-refractivity contribution >= 4 is 22.8 Å². The maximum absolute atomic E-state index is 12.8. The Balaban J connectivity index is 1.08. The second-order valence-corrected chi connectivity index (χ2v) is 8.03. The van der Waals surface area contributed by atoms with Crippen LogP contribution in [0.1, 0.15) is 29.1 Å². The van der Waals surface area contributed by atoms with Gasteiger partial charge in [-0.25, -0.2) is 4.98 Å². The number of carbonyl (C=O) groups is 2. The molecule has 0 atom stereocenters. The predicted octanol–water partition coefficient (Wildman–Crippen LogP) is 2.92. The number of nitrogens with one attached hydrogen (secondary N) is 1. The van der Waals surface area contributed by atoms with Crippen LogP contribution in [0.15, 0.2) is 59.3 Å². The van der Waals surface area contributed by atoms with Crippen molar-refractivity contribution in [3.63, 3.8) is 0 Å². The summed E-state index contributed by atoms with van der Waals surface area (Å²) in [6, 6.07) is 15.1. The molecule has 2 aromatic heterocycles. The number of fused-ring (bicyclic) bond motifs is 1. The molecule has 5 rings (SSSR count). The number of amides is 2. The Hall–Kier alpha value is -4.01. The summed E-state index contributed by atoms with van der Waals surface area (Å²) in [6.45, 7) is 2.12. The number of aromatic amines is 1. The molecule has 2 amide bonds. The van der Waals surface area contributed by atoms with Gasteiger partial charge in [0.25, 0.3) is 5.91 Å². The summed E-state index contributed by atoms with van der Waals surface area (Å²) in [4.78, 5) is 36.3. The maximum Gasteiger partial charge on any atom is 0.254 e. The van der Waals surface area contributed by atoms with Gasteiger partial charge in [-0.05, 0) is 36.8 Å². The van der Waals surface area contributed by atoms with Crippen LogP contribution in [0.25, 0.3) is 22.5 Å². The Morgan fingerprint density at radius 3 is 2.58 bits per heavy atom. The van der Waals surface area contributed by atoms with E-state index in [-0.39, 0.29) is 11.8 Å². The average Bonchev–Trinajstić information content (AvgIpc) is 3.53. The Morgan fingerprint density at radius 1 is 0.970 bits per heavy atom. The summed E-state index contributed by atoms with van der Waals surface area (Å²) >= 11 is 0. The molecule has 2 aromatic carbocycles. The van der Waals surface area contributed by atoms with Crippen molar-refractivity contribution in [2.75, 3.05) is 26.2 Å². The van der Waals surface area contributed by atoms with Crippen molar-refractivity contribution in [1.29, 1.82) is 0 Å². The van der Waals surface area contributed by atoms with Crippen LogP contribution < -0.4 is 0 Å². The molecule has 1 fully saturated rings. The topological polar surface area (TPSA) is 108 Å². The van der Waals surface area contributed by atoms with E-state index in [1.807, 2.05) is 47.4 Å². The van der Waals surface area contributed by atoms with Gasteiger partial charge in [-0.3, -0.25) is 9.59 Å². The minimum absolute atomic E-state index is 0.0239. The zero-order chi connectivity index (χ0) is 22.6. The third-order valence-electron chi connectivity index (χ3n) is 5.86. The van der Waals surface area contributed by atoms with Crippen LogP contribution >= 0.6 is 0 Å². The molecule has 0 unspecified atom stereocenters. The number of benzene rings is 2. The molecular formula is C24H24N6O3. The number of aryl methyl sites for hydroxylation is 1. The molecule has 0 saturated carbocycles. The third-order valence-corrected chi connectivity index (χ3v) is 5.86. The zero-order valence-corrected chi connectivity index (χ0v) is 18.1. The highest BCUT2D eigenvalue weighted by molar-refractivity contribution is 5.97. The minimum atomic E-state index is -0.0239. The number of aromatic nitrogens is 4. The van der Waals surface area contributed by atoms with E-state index in [0.717, 1.165) is 16.6 Å². The van der Waals surface area contributed by atoms with E-state index in [0.29, 0.717) is 62.8 Å². The van der Waals surface area contributed by atoms with Gasteiger partial charge in [0.05, 0.1) is 17.4 Å². The number of hydrogen-bond acceptors (Lipinski definition) is 6. The molecule has 33 heavy (non-hydrogen) atoms. The fourth-order valence-electron chi connectivity index (χ4n) is 4.01. The molecular weight excluding hydrogens is 420 g/mol. The summed E-state index contributed by atoms with van der Waals surface area (Å²) in [6.07, 6.45) is 3.22. The number of hydrogen-bond donors (Lipinski definition) is 1. The van der Waals surface area contributed by atoms with Gasteiger partial charge in [-0.1, -0.05) is 18.2 Å². The molecule has 3 heterocycles. The fourth-order valence-corrected chi connectivity index (χ4v) is 4.01. The smallest absolute Gasteiger partial charge is 0.254 e. The number of carbonyl (C=O) groups excluding carboxylic acids is 2. The lowest BCUT2D eigenvalue weighted by Crippen LogP contribution is -2.50. The van der Waals surface area contributed by atoms with E-state index in [1.165, 1.54) is 0 Å². The molecule has 1 aliphatic rings. The molecule has 1 aliphatic heterocycles. The van der Waals surface area contributed by atoms with E-state index in [9.17, 15) is 9.59 Å². The van der Waals surface area contributed by atoms with Crippen molar-refractivity contribution in [3.05, 3.63) is 66.3 Å². The Kier molecular flexibility index (Phi) is 5.84. The van der Waals surface area contributed by atoms with Gasteiger partial charge in [-0.15, -0.1) is 10.2 Å². The summed E-state index contributed by atoms with van der Waals surface area (Å²) < 4.78 is 5.70. The summed E-state index contributed by atoms with van der Waals surface area (Å²) in [5, 5.41) is 8.17. The van der Waals surface area contributed by atoms with Crippen molar-refractivity contribution in [3.8, 4) is 11.5 Å². The number of H-pyrrole nitrogens is 1. The van der Waals surface area contributed by atoms with Gasteiger partial charge in [0, 0.05) is 50.1 Å². The lowest BCUT2D eigenvalue weighted by Gasteiger charge is -2.35. The van der Waals surface area contributed by atoms with Crippen LogP contribution in [-0.4, -0.2) is 68.0 Å². The predicted molar refractivity (Wildman–Crippen MR) is 121 cm³/mol. The summed E-state index contributed by atoms with van der Waals surface area (Å²) in [5.41, 5.74) is 3.18. The van der Waals surface area contributed by atoms with E-state index in [4.69, 9.17) is 4.42 Å². The lowest BCUT2D eigenvalue weighted by molar-refractivity contribution is -0.132. The molecule has 0 aliphatic carbocycles. The van der Waals surface area contributed by atoms with Crippen molar-refractivity contribution in [1.82, 2.24) is 30.0 Å². The van der Waals surface area contributed by atoms with Gasteiger partial charge < -0.3 is 19.2 Å². The molecule has 1 saturated heterocycles. The highest BCUT2D eigenvalue weighted by Crippen LogP contribution is 2.18. The first-order valence-corrected chi connectivity index (χ1v) is 11.1. The lowest BCUT2D eigenvalue weighted by atomic mass is 10.1.